The summed E-state index contributed by atoms with van der Waals surface area (Å²) in [5.74, 6) is 1.24. The molecule has 0 bridgehead atoms. The number of nitrogens with one attached hydrogen (secondary N) is 1. The van der Waals surface area contributed by atoms with E-state index in [4.69, 9.17) is 26.8 Å². The van der Waals surface area contributed by atoms with Crippen molar-refractivity contribution in [3.8, 4) is 5.75 Å². The number of primary amides is 1. The van der Waals surface area contributed by atoms with Crippen LogP contribution in [0.4, 0.5) is 0 Å². The Balaban J connectivity index is 1.65. The molecule has 1 atom stereocenters. The van der Waals surface area contributed by atoms with Gasteiger partial charge in [0, 0.05) is 43.0 Å². The Morgan fingerprint density at radius 3 is 3.10 bits per heavy atom. The van der Waals surface area contributed by atoms with Crippen molar-refractivity contribution in [1.29, 1.82) is 0 Å². The molecule has 1 amide bonds. The Morgan fingerprint density at radius 2 is 2.34 bits per heavy atom. The van der Waals surface area contributed by atoms with Crippen molar-refractivity contribution in [2.45, 2.75) is 44.8 Å². The minimum atomic E-state index is -0.794. The molecule has 1 aromatic heterocycles. The van der Waals surface area contributed by atoms with Crippen molar-refractivity contribution < 1.29 is 14.3 Å². The Labute approximate surface area is 176 Å². The molecule has 0 saturated carbocycles. The molecular weight excluding hydrogens is 392 g/mol. The van der Waals surface area contributed by atoms with Gasteiger partial charge in [-0.15, -0.1) is 0 Å². The van der Waals surface area contributed by atoms with E-state index in [1.807, 2.05) is 18.3 Å². The van der Waals surface area contributed by atoms with E-state index in [0.29, 0.717) is 30.5 Å². The van der Waals surface area contributed by atoms with E-state index in [-0.39, 0.29) is 13.0 Å². The molecule has 0 radical (unpaired) electrons. The molecule has 2 aromatic rings. The van der Waals surface area contributed by atoms with Crippen LogP contribution in [0.1, 0.15) is 37.7 Å². The number of halogens is 1. The van der Waals surface area contributed by atoms with Gasteiger partial charge < -0.3 is 20.2 Å². The third-order valence-corrected chi connectivity index (χ3v) is 5.20. The predicted molar refractivity (Wildman–Crippen MR) is 112 cm³/mol. The van der Waals surface area contributed by atoms with Gasteiger partial charge in [0.25, 0.3) is 0 Å². The van der Waals surface area contributed by atoms with Crippen molar-refractivity contribution in [3.63, 3.8) is 0 Å². The van der Waals surface area contributed by atoms with Gasteiger partial charge >= 0.3 is 0 Å². The number of H-pyrrole nitrogens is 1. The highest BCUT2D eigenvalue weighted by Gasteiger charge is 2.39. The zero-order valence-corrected chi connectivity index (χ0v) is 17.6. The van der Waals surface area contributed by atoms with Gasteiger partial charge in [-0.3, -0.25) is 9.69 Å². The van der Waals surface area contributed by atoms with Crippen LogP contribution in [0, 0.1) is 0 Å². The number of nitrogens with two attached hydrogens (primary N) is 1. The van der Waals surface area contributed by atoms with Crippen LogP contribution in [0.15, 0.2) is 30.5 Å². The number of aromatic nitrogens is 2. The summed E-state index contributed by atoms with van der Waals surface area (Å²) in [5.41, 5.74) is 5.78. The molecule has 29 heavy (non-hydrogen) atoms. The first-order chi connectivity index (χ1) is 14.0. The Hall–Kier alpha value is -2.09. The average Bonchev–Trinajstić information content (AvgIpc) is 3.12. The number of nitrogens with zero attached hydrogens (tertiary/aromatic N) is 2. The Bertz CT molecular complexity index is 813. The summed E-state index contributed by atoms with van der Waals surface area (Å²) in [6.45, 7) is 4.91. The van der Waals surface area contributed by atoms with Crippen molar-refractivity contribution in [3.05, 3.63) is 47.0 Å². The fourth-order valence-electron chi connectivity index (χ4n) is 3.59. The molecule has 1 aliphatic heterocycles. The lowest BCUT2D eigenvalue weighted by Gasteiger charge is -2.41. The molecule has 0 aliphatic carbocycles. The van der Waals surface area contributed by atoms with Crippen LogP contribution >= 0.6 is 11.6 Å². The largest absolute Gasteiger partial charge is 0.490 e. The summed E-state index contributed by atoms with van der Waals surface area (Å²) in [6.07, 6.45) is 5.20. The summed E-state index contributed by atoms with van der Waals surface area (Å²) in [6, 6.07) is 7.17. The zero-order valence-electron chi connectivity index (χ0n) is 16.8. The third kappa shape index (κ3) is 6.45. The molecular formula is C21H29ClN4O3. The molecule has 0 spiro atoms. The van der Waals surface area contributed by atoms with Crippen LogP contribution < -0.4 is 10.5 Å². The van der Waals surface area contributed by atoms with E-state index in [1.54, 1.807) is 12.1 Å². The molecule has 1 saturated heterocycles. The van der Waals surface area contributed by atoms with Gasteiger partial charge in [0.2, 0.25) is 5.91 Å². The number of imidazole rings is 1. The average molecular weight is 421 g/mol. The lowest BCUT2D eigenvalue weighted by atomic mass is 9.97. The van der Waals surface area contributed by atoms with Crippen molar-refractivity contribution in [2.75, 3.05) is 26.3 Å². The van der Waals surface area contributed by atoms with E-state index in [2.05, 4.69) is 21.8 Å². The number of carbonyl (C=O) groups is 1. The number of carbonyl (C=O) groups excluding carboxylic acids is 1. The van der Waals surface area contributed by atoms with Gasteiger partial charge in [0.1, 0.15) is 23.8 Å². The number of hydrogen-bond acceptors (Lipinski definition) is 5. The number of hydrogen-bond donors (Lipinski definition) is 2. The Morgan fingerprint density at radius 1 is 1.48 bits per heavy atom. The number of amides is 1. The highest BCUT2D eigenvalue weighted by Crippen LogP contribution is 2.26. The van der Waals surface area contributed by atoms with Crippen molar-refractivity contribution in [1.82, 2.24) is 14.9 Å². The normalized spacial score (nSPS) is 19.9. The summed E-state index contributed by atoms with van der Waals surface area (Å²) < 4.78 is 11.9. The van der Waals surface area contributed by atoms with Gasteiger partial charge in [-0.25, -0.2) is 4.98 Å². The minimum absolute atomic E-state index is 0.0921. The van der Waals surface area contributed by atoms with Crippen LogP contribution in [-0.4, -0.2) is 52.7 Å². The molecule has 1 aromatic carbocycles. The zero-order chi connectivity index (χ0) is 20.7. The molecule has 3 rings (SSSR count). The molecule has 1 aliphatic rings. The standard InChI is InChI=1S/C21H29ClN4O3/c1-2-3-7-20-24-12-17(25-20)13-26-8-9-29-21(14-26,11-19(23)27)15-28-18-6-4-5-16(22)10-18/h4-6,10,12H,2-3,7-9,11,13-15H2,1H3,(H2,23,27)(H,24,25)/t21-/m0/s1. The first kappa shape index (κ1) is 21.6. The van der Waals surface area contributed by atoms with E-state index >= 15 is 0 Å². The first-order valence-electron chi connectivity index (χ1n) is 10.0. The van der Waals surface area contributed by atoms with Gasteiger partial charge in [-0.1, -0.05) is 31.0 Å². The fourth-order valence-corrected chi connectivity index (χ4v) is 3.77. The monoisotopic (exact) mass is 420 g/mol. The number of morpholine rings is 1. The maximum absolute atomic E-state index is 11.7. The SMILES string of the molecule is CCCCc1ncc(CN2CCO[C@@](COc3cccc(Cl)c3)(CC(N)=O)C2)[nH]1. The third-order valence-electron chi connectivity index (χ3n) is 4.96. The van der Waals surface area contributed by atoms with Gasteiger partial charge in [-0.2, -0.15) is 0 Å². The van der Waals surface area contributed by atoms with Crippen LogP contribution in [0.2, 0.25) is 5.02 Å². The van der Waals surface area contributed by atoms with E-state index in [9.17, 15) is 4.79 Å². The molecule has 3 N–H and O–H groups in total. The molecule has 8 heteroatoms. The van der Waals surface area contributed by atoms with E-state index in [0.717, 1.165) is 37.3 Å². The lowest BCUT2D eigenvalue weighted by molar-refractivity contribution is -0.148. The molecule has 1 fully saturated rings. The number of ether oxygens (including phenoxy) is 2. The number of unbranched alkanes of at least 4 members (excludes halogenated alkanes) is 1. The Kier molecular flexibility index (Phi) is 7.52. The molecule has 7 nitrogen and oxygen atoms in total. The quantitative estimate of drug-likeness (QED) is 0.616. The second kappa shape index (κ2) is 10.1. The topological polar surface area (TPSA) is 93.5 Å². The fraction of sp³-hybridized carbons (Fsp3) is 0.524. The first-order valence-corrected chi connectivity index (χ1v) is 10.4. The molecule has 2 heterocycles. The van der Waals surface area contributed by atoms with Crippen LogP contribution in [0.5, 0.6) is 5.75 Å². The predicted octanol–water partition coefficient (Wildman–Crippen LogP) is 2.93. The van der Waals surface area contributed by atoms with Crippen molar-refractivity contribution in [2.24, 2.45) is 5.73 Å². The molecule has 158 valence electrons. The van der Waals surface area contributed by atoms with E-state index in [1.165, 1.54) is 0 Å². The highest BCUT2D eigenvalue weighted by molar-refractivity contribution is 6.30. The maximum Gasteiger partial charge on any atom is 0.220 e. The van der Waals surface area contributed by atoms with Crippen LogP contribution in [0.3, 0.4) is 0 Å². The lowest BCUT2D eigenvalue weighted by Crippen LogP contribution is -2.56. The number of rotatable bonds is 10. The van der Waals surface area contributed by atoms with E-state index < -0.39 is 11.5 Å². The van der Waals surface area contributed by atoms with Gasteiger partial charge in [0.15, 0.2) is 0 Å². The smallest absolute Gasteiger partial charge is 0.220 e. The summed E-state index contributed by atoms with van der Waals surface area (Å²) >= 11 is 6.03. The number of benzene rings is 1. The summed E-state index contributed by atoms with van der Waals surface area (Å²) in [7, 11) is 0. The van der Waals surface area contributed by atoms with Gasteiger partial charge in [0.05, 0.1) is 13.0 Å². The molecule has 0 unspecified atom stereocenters. The minimum Gasteiger partial charge on any atom is -0.490 e. The van der Waals surface area contributed by atoms with Crippen LogP contribution in [-0.2, 0) is 22.5 Å². The maximum atomic E-state index is 11.7. The highest BCUT2D eigenvalue weighted by atomic mass is 35.5. The second-order valence-electron chi connectivity index (χ2n) is 7.59. The van der Waals surface area contributed by atoms with Gasteiger partial charge in [-0.05, 0) is 24.6 Å². The number of aromatic amines is 1. The van der Waals surface area contributed by atoms with Crippen LogP contribution in [0.25, 0.3) is 0 Å². The summed E-state index contributed by atoms with van der Waals surface area (Å²) in [4.78, 5) is 21.8. The summed E-state index contributed by atoms with van der Waals surface area (Å²) in [5, 5.41) is 0.593. The second-order valence-corrected chi connectivity index (χ2v) is 8.03. The number of aryl methyl sites for hydroxylation is 1. The van der Waals surface area contributed by atoms with Crippen molar-refractivity contribution >= 4 is 17.5 Å².